The summed E-state index contributed by atoms with van der Waals surface area (Å²) in [5.74, 6) is 0. The van der Waals surface area contributed by atoms with Gasteiger partial charge < -0.3 is 5.32 Å². The molecule has 1 aromatic heterocycles. The Morgan fingerprint density at radius 2 is 1.89 bits per heavy atom. The van der Waals surface area contributed by atoms with Crippen molar-refractivity contribution in [3.63, 3.8) is 0 Å². The van der Waals surface area contributed by atoms with Crippen LogP contribution in [0.2, 0.25) is 8.67 Å². The molecule has 4 heteroatoms. The maximum Gasteiger partial charge on any atom is 0.0995 e. The lowest BCUT2D eigenvalue weighted by atomic mass is 9.94. The van der Waals surface area contributed by atoms with Crippen molar-refractivity contribution in [2.45, 2.75) is 19.9 Å². The third kappa shape index (κ3) is 2.57. The predicted octanol–water partition coefficient (Wildman–Crippen LogP) is 4.98. The van der Waals surface area contributed by atoms with Crippen LogP contribution in [-0.4, -0.2) is 7.05 Å². The zero-order chi connectivity index (χ0) is 13.3. The topological polar surface area (TPSA) is 12.0 Å². The van der Waals surface area contributed by atoms with Gasteiger partial charge >= 0.3 is 0 Å². The van der Waals surface area contributed by atoms with Crippen LogP contribution in [0.15, 0.2) is 24.3 Å². The van der Waals surface area contributed by atoms with E-state index in [2.05, 4.69) is 37.4 Å². The van der Waals surface area contributed by atoms with E-state index in [0.29, 0.717) is 0 Å². The van der Waals surface area contributed by atoms with Gasteiger partial charge in [-0.3, -0.25) is 0 Å². The molecule has 0 fully saturated rings. The van der Waals surface area contributed by atoms with Crippen LogP contribution < -0.4 is 5.32 Å². The molecule has 1 atom stereocenters. The molecule has 0 saturated carbocycles. The summed E-state index contributed by atoms with van der Waals surface area (Å²) in [6.07, 6.45) is 0. The number of hydrogen-bond donors (Lipinski definition) is 1. The van der Waals surface area contributed by atoms with Crippen LogP contribution in [0.5, 0.6) is 0 Å². The average molecular weight is 300 g/mol. The molecule has 0 bridgehead atoms. The van der Waals surface area contributed by atoms with Crippen molar-refractivity contribution in [2.75, 3.05) is 7.05 Å². The van der Waals surface area contributed by atoms with Crippen molar-refractivity contribution in [3.8, 4) is 0 Å². The summed E-state index contributed by atoms with van der Waals surface area (Å²) >= 11 is 13.7. The van der Waals surface area contributed by atoms with E-state index in [-0.39, 0.29) is 6.04 Å². The minimum atomic E-state index is 0.0844. The monoisotopic (exact) mass is 299 g/mol. The molecule has 0 radical (unpaired) electrons. The lowest BCUT2D eigenvalue weighted by Gasteiger charge is -2.19. The van der Waals surface area contributed by atoms with Crippen LogP contribution in [0.3, 0.4) is 0 Å². The molecular formula is C14H15Cl2NS. The minimum absolute atomic E-state index is 0.0844. The van der Waals surface area contributed by atoms with Gasteiger partial charge in [-0.15, -0.1) is 11.3 Å². The van der Waals surface area contributed by atoms with Gasteiger partial charge in [0.25, 0.3) is 0 Å². The number of rotatable bonds is 3. The highest BCUT2D eigenvalue weighted by Gasteiger charge is 2.19. The van der Waals surface area contributed by atoms with Gasteiger partial charge in [-0.2, -0.15) is 0 Å². The predicted molar refractivity (Wildman–Crippen MR) is 81.2 cm³/mol. The second kappa shape index (κ2) is 5.62. The summed E-state index contributed by atoms with van der Waals surface area (Å²) in [7, 11) is 1.94. The molecule has 18 heavy (non-hydrogen) atoms. The molecule has 0 aliphatic carbocycles. The number of aryl methyl sites for hydroxylation is 1. The van der Waals surface area contributed by atoms with E-state index >= 15 is 0 Å². The van der Waals surface area contributed by atoms with Gasteiger partial charge in [-0.05, 0) is 43.7 Å². The Morgan fingerprint density at radius 1 is 1.17 bits per heavy atom. The molecule has 2 rings (SSSR count). The fourth-order valence-corrected chi connectivity index (χ4v) is 3.65. The Bertz CT molecular complexity index is 563. The Kier molecular flexibility index (Phi) is 4.33. The van der Waals surface area contributed by atoms with Gasteiger partial charge in [-0.1, -0.05) is 41.4 Å². The van der Waals surface area contributed by atoms with Gasteiger partial charge in [0.1, 0.15) is 0 Å². The third-order valence-electron chi connectivity index (χ3n) is 3.24. The standard InChI is InChI=1S/C14H15Cl2NS/c1-8-5-4-6-10(9(8)2)13(17-3)11-7-12(15)18-14(11)16/h4-7,13,17H,1-3H3. The third-order valence-corrected chi connectivity index (χ3v) is 4.76. The number of halogens is 2. The number of thiophene rings is 1. The van der Waals surface area contributed by atoms with Gasteiger partial charge in [0.2, 0.25) is 0 Å². The Balaban J connectivity index is 2.52. The molecule has 0 aliphatic heterocycles. The van der Waals surface area contributed by atoms with Gasteiger partial charge in [0, 0.05) is 5.56 Å². The first kappa shape index (κ1) is 13.9. The minimum Gasteiger partial charge on any atom is -0.309 e. The van der Waals surface area contributed by atoms with Crippen LogP contribution in [0.4, 0.5) is 0 Å². The Hall–Kier alpha value is -0.540. The fourth-order valence-electron chi connectivity index (χ4n) is 2.11. The van der Waals surface area contributed by atoms with Crippen molar-refractivity contribution >= 4 is 34.5 Å². The van der Waals surface area contributed by atoms with E-state index in [1.807, 2.05) is 13.1 Å². The Labute approximate surface area is 122 Å². The molecule has 96 valence electrons. The molecule has 1 nitrogen and oxygen atoms in total. The quantitative estimate of drug-likeness (QED) is 0.843. The van der Waals surface area contributed by atoms with E-state index in [9.17, 15) is 0 Å². The van der Waals surface area contributed by atoms with E-state index < -0.39 is 0 Å². The molecule has 1 aromatic carbocycles. The molecule has 1 N–H and O–H groups in total. The van der Waals surface area contributed by atoms with Crippen molar-refractivity contribution < 1.29 is 0 Å². The SMILES string of the molecule is CNC(c1cc(Cl)sc1Cl)c1cccc(C)c1C. The lowest BCUT2D eigenvalue weighted by Crippen LogP contribution is -2.18. The van der Waals surface area contributed by atoms with Gasteiger partial charge in [0.05, 0.1) is 14.7 Å². The van der Waals surface area contributed by atoms with Crippen molar-refractivity contribution in [2.24, 2.45) is 0 Å². The largest absolute Gasteiger partial charge is 0.309 e. The van der Waals surface area contributed by atoms with Gasteiger partial charge in [-0.25, -0.2) is 0 Å². The molecule has 2 aromatic rings. The normalized spacial score (nSPS) is 12.7. The zero-order valence-electron chi connectivity index (χ0n) is 10.6. The molecule has 0 spiro atoms. The maximum atomic E-state index is 6.25. The molecule has 0 aliphatic rings. The van der Waals surface area contributed by atoms with Gasteiger partial charge in [0.15, 0.2) is 0 Å². The number of benzene rings is 1. The van der Waals surface area contributed by atoms with Crippen LogP contribution >= 0.6 is 34.5 Å². The summed E-state index contributed by atoms with van der Waals surface area (Å²) in [6, 6.07) is 8.35. The first-order valence-corrected chi connectivity index (χ1v) is 7.30. The molecule has 0 saturated heterocycles. The summed E-state index contributed by atoms with van der Waals surface area (Å²) in [6.45, 7) is 4.25. The van der Waals surface area contributed by atoms with Crippen molar-refractivity contribution in [1.29, 1.82) is 0 Å². The zero-order valence-corrected chi connectivity index (χ0v) is 12.9. The van der Waals surface area contributed by atoms with Crippen LogP contribution in [-0.2, 0) is 0 Å². The van der Waals surface area contributed by atoms with Crippen molar-refractivity contribution in [3.05, 3.63) is 55.2 Å². The summed E-state index contributed by atoms with van der Waals surface area (Å²) in [5, 5.41) is 3.32. The van der Waals surface area contributed by atoms with E-state index in [1.54, 1.807) is 0 Å². The first-order valence-electron chi connectivity index (χ1n) is 5.72. The summed E-state index contributed by atoms with van der Waals surface area (Å²) < 4.78 is 1.47. The molecule has 1 unspecified atom stereocenters. The highest BCUT2D eigenvalue weighted by molar-refractivity contribution is 7.20. The highest BCUT2D eigenvalue weighted by atomic mass is 35.5. The van der Waals surface area contributed by atoms with E-state index in [4.69, 9.17) is 23.2 Å². The van der Waals surface area contributed by atoms with E-state index in [0.717, 1.165) is 14.2 Å². The number of hydrogen-bond acceptors (Lipinski definition) is 2. The lowest BCUT2D eigenvalue weighted by molar-refractivity contribution is 0.689. The van der Waals surface area contributed by atoms with Crippen LogP contribution in [0, 0.1) is 13.8 Å². The first-order chi connectivity index (χ1) is 8.54. The van der Waals surface area contributed by atoms with Crippen LogP contribution in [0.1, 0.15) is 28.3 Å². The van der Waals surface area contributed by atoms with E-state index in [1.165, 1.54) is 28.0 Å². The second-order valence-electron chi connectivity index (χ2n) is 4.29. The number of nitrogens with one attached hydrogen (secondary N) is 1. The molecule has 1 heterocycles. The maximum absolute atomic E-state index is 6.25. The van der Waals surface area contributed by atoms with Crippen molar-refractivity contribution in [1.82, 2.24) is 5.32 Å². The summed E-state index contributed by atoms with van der Waals surface area (Å²) in [5.41, 5.74) is 4.86. The second-order valence-corrected chi connectivity index (χ2v) is 6.58. The molecular weight excluding hydrogens is 285 g/mol. The highest BCUT2D eigenvalue weighted by Crippen LogP contribution is 2.38. The Morgan fingerprint density at radius 3 is 2.44 bits per heavy atom. The average Bonchev–Trinajstić information content (AvgIpc) is 2.65. The fraction of sp³-hybridized carbons (Fsp3) is 0.286. The van der Waals surface area contributed by atoms with Crippen LogP contribution in [0.25, 0.3) is 0 Å². The summed E-state index contributed by atoms with van der Waals surface area (Å²) in [4.78, 5) is 0. The smallest absolute Gasteiger partial charge is 0.0995 e. The molecule has 0 amide bonds.